The van der Waals surface area contributed by atoms with Crippen molar-refractivity contribution in [2.75, 3.05) is 20.8 Å². The number of ketones is 1. The number of phenols is 3. The van der Waals surface area contributed by atoms with Crippen LogP contribution in [0, 0.1) is 11.3 Å². The zero-order chi connectivity index (χ0) is 29.7. The lowest BCUT2D eigenvalue weighted by molar-refractivity contribution is -0.132. The van der Waals surface area contributed by atoms with Gasteiger partial charge in [0.1, 0.15) is 5.78 Å². The average molecular weight is 569 g/mol. The van der Waals surface area contributed by atoms with Crippen molar-refractivity contribution in [1.82, 2.24) is 5.32 Å². The Morgan fingerprint density at radius 2 is 1.80 bits per heavy atom. The van der Waals surface area contributed by atoms with E-state index in [1.807, 2.05) is 6.08 Å². The number of Topliss-reactive ketones (excluding diaryl/α,β-unsaturated/α-hetero) is 1. The summed E-state index contributed by atoms with van der Waals surface area (Å²) < 4.78 is 10.4. The van der Waals surface area contributed by atoms with E-state index in [1.54, 1.807) is 24.3 Å². The SMILES string of the molecule is COc1cc(CCC(O)C(C(=O)CCc2cc(O)c(O)c(OC)c2)C2(C3=CCNC(N)=C3)CCC(O)C2)ccc1O. The van der Waals surface area contributed by atoms with Gasteiger partial charge in [0.15, 0.2) is 23.0 Å². The molecule has 41 heavy (non-hydrogen) atoms. The molecule has 0 radical (unpaired) electrons. The molecule has 0 bridgehead atoms. The first-order chi connectivity index (χ1) is 19.6. The van der Waals surface area contributed by atoms with Crippen molar-refractivity contribution in [3.63, 3.8) is 0 Å². The van der Waals surface area contributed by atoms with Crippen LogP contribution in [0.1, 0.15) is 43.2 Å². The van der Waals surface area contributed by atoms with Gasteiger partial charge in [0, 0.05) is 18.4 Å². The highest BCUT2D eigenvalue weighted by molar-refractivity contribution is 5.83. The van der Waals surface area contributed by atoms with Crippen molar-refractivity contribution in [3.8, 4) is 28.7 Å². The highest BCUT2D eigenvalue weighted by Gasteiger charge is 2.52. The summed E-state index contributed by atoms with van der Waals surface area (Å²) in [5.41, 5.74) is 7.56. The van der Waals surface area contributed by atoms with Crippen LogP contribution in [0.2, 0.25) is 0 Å². The Bertz CT molecular complexity index is 1320. The number of hydrogen-bond acceptors (Lipinski definition) is 10. The minimum absolute atomic E-state index is 0.0165. The van der Waals surface area contributed by atoms with E-state index >= 15 is 0 Å². The maximum absolute atomic E-state index is 14.1. The fourth-order valence-corrected chi connectivity index (χ4v) is 6.30. The molecule has 0 aromatic heterocycles. The Labute approximate surface area is 239 Å². The van der Waals surface area contributed by atoms with Gasteiger partial charge in [0.2, 0.25) is 5.75 Å². The fourth-order valence-electron chi connectivity index (χ4n) is 6.30. The van der Waals surface area contributed by atoms with Gasteiger partial charge >= 0.3 is 0 Å². The van der Waals surface area contributed by atoms with Crippen LogP contribution in [-0.2, 0) is 17.6 Å². The summed E-state index contributed by atoms with van der Waals surface area (Å²) in [6.45, 7) is 0.479. The Kier molecular flexibility index (Phi) is 9.35. The van der Waals surface area contributed by atoms with Gasteiger partial charge in [-0.15, -0.1) is 0 Å². The van der Waals surface area contributed by atoms with Crippen LogP contribution in [0.5, 0.6) is 28.7 Å². The summed E-state index contributed by atoms with van der Waals surface area (Å²) in [5, 5.41) is 55.5. The number of phenolic OH excluding ortho intramolecular Hbond substituents is 3. The van der Waals surface area contributed by atoms with Crippen molar-refractivity contribution in [2.45, 2.75) is 57.2 Å². The maximum atomic E-state index is 14.1. The van der Waals surface area contributed by atoms with Crippen molar-refractivity contribution >= 4 is 5.78 Å². The first-order valence-corrected chi connectivity index (χ1v) is 13.8. The van der Waals surface area contributed by atoms with Gasteiger partial charge in [-0.3, -0.25) is 4.79 Å². The van der Waals surface area contributed by atoms with Gasteiger partial charge in [-0.1, -0.05) is 12.1 Å². The number of allylic oxidation sites excluding steroid dienone is 2. The molecule has 10 nitrogen and oxygen atoms in total. The quantitative estimate of drug-likeness (QED) is 0.189. The minimum atomic E-state index is -1.04. The number of benzene rings is 2. The number of aliphatic hydroxyl groups excluding tert-OH is 2. The lowest BCUT2D eigenvalue weighted by atomic mass is 9.63. The number of hydrogen-bond donors (Lipinski definition) is 7. The number of carbonyl (C=O) groups is 1. The second-order valence-corrected chi connectivity index (χ2v) is 10.9. The Hall–Kier alpha value is -3.89. The molecule has 1 heterocycles. The number of aliphatic hydroxyl groups is 2. The van der Waals surface area contributed by atoms with E-state index in [-0.39, 0.29) is 48.0 Å². The minimum Gasteiger partial charge on any atom is -0.504 e. The molecule has 8 N–H and O–H groups in total. The number of rotatable bonds is 12. The van der Waals surface area contributed by atoms with Gasteiger partial charge in [0.05, 0.1) is 38.2 Å². The van der Waals surface area contributed by atoms with E-state index in [0.29, 0.717) is 49.4 Å². The number of methoxy groups -OCH3 is 2. The van der Waals surface area contributed by atoms with Crippen molar-refractivity contribution in [3.05, 3.63) is 65.0 Å². The third-order valence-corrected chi connectivity index (χ3v) is 8.33. The van der Waals surface area contributed by atoms with Crippen molar-refractivity contribution in [1.29, 1.82) is 0 Å². The molecular formula is C31H40N2O8. The molecule has 4 rings (SSSR count). The van der Waals surface area contributed by atoms with Crippen LogP contribution in [-0.4, -0.2) is 64.3 Å². The molecule has 1 aliphatic carbocycles. The van der Waals surface area contributed by atoms with E-state index in [2.05, 4.69) is 5.32 Å². The van der Waals surface area contributed by atoms with Crippen LogP contribution in [0.25, 0.3) is 0 Å². The standard InChI is InChI=1S/C31H40N2O8/c1-40-26-14-18(3-6-22(26)35)4-7-23(36)29(24(37)8-5-19-13-25(38)30(39)27(15-19)41-2)31(11-9-21(34)17-31)20-10-12-33-28(32)16-20/h3,6,10,13-16,21,23,29,33-36,38-39H,4-5,7-9,11-12,17,32H2,1-2H3. The lowest BCUT2D eigenvalue weighted by Crippen LogP contribution is -2.45. The number of aryl methyl sites for hydroxylation is 2. The molecule has 0 saturated heterocycles. The van der Waals surface area contributed by atoms with E-state index in [9.17, 15) is 30.3 Å². The van der Waals surface area contributed by atoms with E-state index in [1.165, 1.54) is 26.4 Å². The Balaban J connectivity index is 1.65. The first kappa shape index (κ1) is 30.1. The number of dihydropyridines is 1. The third kappa shape index (κ3) is 6.55. The maximum Gasteiger partial charge on any atom is 0.200 e. The molecule has 222 valence electrons. The summed E-state index contributed by atoms with van der Waals surface area (Å²) in [5.74, 6) is -0.814. The summed E-state index contributed by atoms with van der Waals surface area (Å²) in [6.07, 6.45) is 4.43. The monoisotopic (exact) mass is 568 g/mol. The molecule has 2 aromatic rings. The molecule has 1 saturated carbocycles. The lowest BCUT2D eigenvalue weighted by Gasteiger charge is -2.42. The molecule has 4 unspecified atom stereocenters. The molecule has 10 heteroatoms. The van der Waals surface area contributed by atoms with E-state index < -0.39 is 23.5 Å². The van der Waals surface area contributed by atoms with Crippen LogP contribution in [0.3, 0.4) is 0 Å². The normalized spacial score (nSPS) is 21.8. The largest absolute Gasteiger partial charge is 0.504 e. The predicted octanol–water partition coefficient (Wildman–Crippen LogP) is 2.79. The molecule has 2 aliphatic rings. The molecular weight excluding hydrogens is 528 g/mol. The summed E-state index contributed by atoms with van der Waals surface area (Å²) in [4.78, 5) is 14.1. The number of nitrogens with one attached hydrogen (secondary N) is 1. The second-order valence-electron chi connectivity index (χ2n) is 10.9. The average Bonchev–Trinajstić information content (AvgIpc) is 3.35. The van der Waals surface area contributed by atoms with Crippen LogP contribution < -0.4 is 20.5 Å². The Morgan fingerprint density at radius 1 is 1.07 bits per heavy atom. The topological polar surface area (TPSA) is 175 Å². The summed E-state index contributed by atoms with van der Waals surface area (Å²) >= 11 is 0. The molecule has 1 aliphatic heterocycles. The van der Waals surface area contributed by atoms with Gasteiger partial charge < -0.3 is 46.1 Å². The number of aromatic hydroxyl groups is 3. The molecule has 2 aromatic carbocycles. The predicted molar refractivity (Wildman–Crippen MR) is 153 cm³/mol. The van der Waals surface area contributed by atoms with E-state index in [4.69, 9.17) is 15.2 Å². The molecule has 1 fully saturated rings. The second kappa shape index (κ2) is 12.7. The zero-order valence-corrected chi connectivity index (χ0v) is 23.5. The third-order valence-electron chi connectivity index (χ3n) is 8.33. The van der Waals surface area contributed by atoms with Gasteiger partial charge in [-0.25, -0.2) is 0 Å². The highest BCUT2D eigenvalue weighted by atomic mass is 16.5. The highest BCUT2D eigenvalue weighted by Crippen LogP contribution is 2.53. The summed E-state index contributed by atoms with van der Waals surface area (Å²) in [7, 11) is 2.84. The molecule has 0 amide bonds. The van der Waals surface area contributed by atoms with Crippen LogP contribution >= 0.6 is 0 Å². The van der Waals surface area contributed by atoms with Gasteiger partial charge in [-0.2, -0.15) is 0 Å². The van der Waals surface area contributed by atoms with E-state index in [0.717, 1.165) is 11.1 Å². The molecule has 4 atom stereocenters. The van der Waals surface area contributed by atoms with Crippen molar-refractivity contribution < 1.29 is 39.8 Å². The van der Waals surface area contributed by atoms with Crippen LogP contribution in [0.4, 0.5) is 0 Å². The van der Waals surface area contributed by atoms with Crippen LogP contribution in [0.15, 0.2) is 53.9 Å². The fraction of sp³-hybridized carbons (Fsp3) is 0.452. The van der Waals surface area contributed by atoms with Crippen molar-refractivity contribution in [2.24, 2.45) is 17.1 Å². The first-order valence-electron chi connectivity index (χ1n) is 13.8. The smallest absolute Gasteiger partial charge is 0.200 e. The Morgan fingerprint density at radius 3 is 2.46 bits per heavy atom. The zero-order valence-electron chi connectivity index (χ0n) is 23.5. The number of carbonyl (C=O) groups excluding carboxylic acids is 1. The van der Waals surface area contributed by atoms with Gasteiger partial charge in [-0.05, 0) is 85.6 Å². The number of ether oxygens (including phenoxy) is 2. The van der Waals surface area contributed by atoms with Gasteiger partial charge in [0.25, 0.3) is 0 Å². The summed E-state index contributed by atoms with van der Waals surface area (Å²) in [6, 6.07) is 7.95. The number of nitrogens with two attached hydrogens (primary N) is 1. The molecule has 0 spiro atoms.